The summed E-state index contributed by atoms with van der Waals surface area (Å²) in [5.74, 6) is -0.650. The summed E-state index contributed by atoms with van der Waals surface area (Å²) in [7, 11) is 0. The molecule has 0 amide bonds. The van der Waals surface area contributed by atoms with Crippen molar-refractivity contribution < 1.29 is 29.3 Å². The molecule has 0 radical (unpaired) electrons. The number of aromatic amines is 1. The molecule has 1 unspecified atom stereocenters. The number of ether oxygens (including phenoxy) is 2. The number of para-hydroxylation sites is 1. The lowest BCUT2D eigenvalue weighted by Crippen LogP contribution is -2.00. The number of nitrogens with zero attached hydrogens (tertiary/aromatic N) is 1. The number of carboxylic acid groups (broad SMARTS) is 1. The first-order chi connectivity index (χ1) is 17.4. The molecule has 0 aliphatic carbocycles. The number of imidazole rings is 1. The Morgan fingerprint density at radius 3 is 2.58 bits per heavy atom. The second kappa shape index (κ2) is 10.9. The zero-order valence-corrected chi connectivity index (χ0v) is 19.9. The Morgan fingerprint density at radius 1 is 1.11 bits per heavy atom. The molecule has 0 aliphatic rings. The lowest BCUT2D eigenvalue weighted by Gasteiger charge is -2.11. The van der Waals surface area contributed by atoms with Crippen molar-refractivity contribution in [3.63, 3.8) is 0 Å². The van der Waals surface area contributed by atoms with Crippen molar-refractivity contribution in [2.45, 2.75) is 26.6 Å². The minimum Gasteiger partial charge on any atom is -0.507 e. The van der Waals surface area contributed by atoms with Crippen molar-refractivity contribution in [3.05, 3.63) is 94.8 Å². The summed E-state index contributed by atoms with van der Waals surface area (Å²) in [6.07, 6.45) is 2.87. The van der Waals surface area contributed by atoms with E-state index in [0.717, 1.165) is 28.2 Å². The van der Waals surface area contributed by atoms with Crippen LogP contribution in [0.25, 0.3) is 17.1 Å². The highest BCUT2D eigenvalue weighted by molar-refractivity contribution is 6.09. The van der Waals surface area contributed by atoms with E-state index in [1.165, 1.54) is 18.2 Å². The number of benzene rings is 3. The van der Waals surface area contributed by atoms with E-state index in [2.05, 4.69) is 9.97 Å². The number of rotatable bonds is 10. The number of phenolic OH excluding ortho intramolecular Hbond substituents is 1. The molecule has 4 rings (SSSR count). The van der Waals surface area contributed by atoms with E-state index >= 15 is 0 Å². The Morgan fingerprint density at radius 2 is 1.89 bits per heavy atom. The Bertz CT molecular complexity index is 1420. The molecule has 1 heterocycles. The third-order valence-corrected chi connectivity index (χ3v) is 5.64. The number of aromatic carboxylic acids is 1. The first kappa shape index (κ1) is 24.7. The first-order valence-electron chi connectivity index (χ1n) is 11.5. The van der Waals surface area contributed by atoms with E-state index < -0.39 is 11.8 Å². The lowest BCUT2D eigenvalue weighted by molar-refractivity contribution is 0.0695. The Hall–Kier alpha value is -4.43. The van der Waals surface area contributed by atoms with Crippen LogP contribution in [0.3, 0.4) is 0 Å². The highest BCUT2D eigenvalue weighted by Crippen LogP contribution is 2.25. The van der Waals surface area contributed by atoms with Gasteiger partial charge in [0.1, 0.15) is 23.9 Å². The molecule has 0 fully saturated rings. The molecule has 0 aliphatic heterocycles. The number of allylic oxidation sites excluding steroid dienone is 1. The minimum atomic E-state index is -1.18. The van der Waals surface area contributed by atoms with E-state index in [1.807, 2.05) is 32.0 Å². The van der Waals surface area contributed by atoms with Crippen LogP contribution in [0.15, 0.2) is 66.7 Å². The summed E-state index contributed by atoms with van der Waals surface area (Å²) < 4.78 is 11.6. The van der Waals surface area contributed by atoms with Gasteiger partial charge in [0.15, 0.2) is 5.78 Å². The van der Waals surface area contributed by atoms with Crippen LogP contribution < -0.4 is 4.74 Å². The van der Waals surface area contributed by atoms with Crippen molar-refractivity contribution in [1.82, 2.24) is 9.97 Å². The van der Waals surface area contributed by atoms with Crippen LogP contribution in [0, 0.1) is 0 Å². The van der Waals surface area contributed by atoms with Crippen molar-refractivity contribution in [3.8, 4) is 11.5 Å². The maximum Gasteiger partial charge on any atom is 0.335 e. The van der Waals surface area contributed by atoms with Crippen LogP contribution in [-0.2, 0) is 11.3 Å². The average molecular weight is 487 g/mol. The fraction of sp³-hybridized carbons (Fsp3) is 0.179. The molecular formula is C28H26N2O6. The van der Waals surface area contributed by atoms with Gasteiger partial charge < -0.3 is 24.7 Å². The number of carbonyl (C=O) groups excluding carboxylic acids is 1. The largest absolute Gasteiger partial charge is 0.507 e. The van der Waals surface area contributed by atoms with Gasteiger partial charge in [0, 0.05) is 12.2 Å². The van der Waals surface area contributed by atoms with Crippen molar-refractivity contribution >= 4 is 28.9 Å². The molecule has 0 saturated heterocycles. The van der Waals surface area contributed by atoms with Gasteiger partial charge in [0.05, 0.1) is 28.3 Å². The molecule has 8 heteroatoms. The number of aromatic nitrogens is 2. The van der Waals surface area contributed by atoms with E-state index in [9.17, 15) is 14.7 Å². The molecule has 1 atom stereocenters. The highest BCUT2D eigenvalue weighted by atomic mass is 16.5. The summed E-state index contributed by atoms with van der Waals surface area (Å²) in [4.78, 5) is 31.3. The van der Waals surface area contributed by atoms with Crippen molar-refractivity contribution in [2.75, 3.05) is 6.61 Å². The lowest BCUT2D eigenvalue weighted by atomic mass is 10.1. The summed E-state index contributed by atoms with van der Waals surface area (Å²) in [6, 6.07) is 16.7. The van der Waals surface area contributed by atoms with Gasteiger partial charge in [-0.3, -0.25) is 4.79 Å². The third kappa shape index (κ3) is 5.61. The number of fused-ring (bicyclic) bond motifs is 1. The molecule has 184 valence electrons. The van der Waals surface area contributed by atoms with Gasteiger partial charge >= 0.3 is 5.97 Å². The van der Waals surface area contributed by atoms with Gasteiger partial charge in [0.25, 0.3) is 0 Å². The molecule has 4 aromatic rings. The van der Waals surface area contributed by atoms with Crippen molar-refractivity contribution in [1.29, 1.82) is 0 Å². The molecule has 3 N–H and O–H groups in total. The fourth-order valence-corrected chi connectivity index (χ4v) is 3.80. The van der Waals surface area contributed by atoms with Crippen LogP contribution in [0.2, 0.25) is 0 Å². The first-order valence-corrected chi connectivity index (χ1v) is 11.5. The number of carbonyl (C=O) groups is 2. The molecule has 0 bridgehead atoms. The van der Waals surface area contributed by atoms with E-state index in [4.69, 9.17) is 14.6 Å². The summed E-state index contributed by atoms with van der Waals surface area (Å²) >= 11 is 0. The number of phenols is 1. The number of hydrogen-bond donors (Lipinski definition) is 3. The molecule has 0 spiro atoms. The Balaban J connectivity index is 1.39. The minimum absolute atomic E-state index is 0.0286. The van der Waals surface area contributed by atoms with Crippen LogP contribution >= 0.6 is 0 Å². The van der Waals surface area contributed by atoms with E-state index in [1.54, 1.807) is 30.3 Å². The smallest absolute Gasteiger partial charge is 0.335 e. The normalized spacial score (nSPS) is 12.2. The number of nitrogens with one attached hydrogen (secondary N) is 1. The maximum atomic E-state index is 12.4. The van der Waals surface area contributed by atoms with Gasteiger partial charge in [-0.1, -0.05) is 30.3 Å². The number of aromatic hydroxyl groups is 1. The van der Waals surface area contributed by atoms with Crippen LogP contribution in [0.1, 0.15) is 57.6 Å². The average Bonchev–Trinajstić information content (AvgIpc) is 3.30. The quantitative estimate of drug-likeness (QED) is 0.199. The molecule has 36 heavy (non-hydrogen) atoms. The van der Waals surface area contributed by atoms with E-state index in [0.29, 0.717) is 18.2 Å². The van der Waals surface area contributed by atoms with Gasteiger partial charge in [-0.25, -0.2) is 9.78 Å². The molecule has 0 saturated carbocycles. The van der Waals surface area contributed by atoms with Crippen LogP contribution in [0.4, 0.5) is 0 Å². The topological polar surface area (TPSA) is 122 Å². The fourth-order valence-electron chi connectivity index (χ4n) is 3.80. The SMILES string of the molecule is CCOC(C)c1cccc2[nH]c(COc3ccc(C=CC(=O)c4ccc(C(=O)O)cc4O)cc3)nc12. The Kier molecular flexibility index (Phi) is 7.46. The van der Waals surface area contributed by atoms with Gasteiger partial charge in [-0.05, 0) is 61.9 Å². The molecule has 3 aromatic carbocycles. The zero-order chi connectivity index (χ0) is 25.7. The van der Waals surface area contributed by atoms with Crippen LogP contribution in [0.5, 0.6) is 11.5 Å². The van der Waals surface area contributed by atoms with E-state index in [-0.39, 0.29) is 29.6 Å². The summed E-state index contributed by atoms with van der Waals surface area (Å²) in [6.45, 7) is 4.85. The van der Waals surface area contributed by atoms with Gasteiger partial charge in [-0.2, -0.15) is 0 Å². The number of hydrogen-bond acceptors (Lipinski definition) is 6. The highest BCUT2D eigenvalue weighted by Gasteiger charge is 2.14. The van der Waals surface area contributed by atoms with Gasteiger partial charge in [0.2, 0.25) is 0 Å². The van der Waals surface area contributed by atoms with Crippen LogP contribution in [-0.4, -0.2) is 38.5 Å². The molecule has 1 aromatic heterocycles. The van der Waals surface area contributed by atoms with Gasteiger partial charge in [-0.15, -0.1) is 0 Å². The summed E-state index contributed by atoms with van der Waals surface area (Å²) in [5.41, 5.74) is 3.51. The number of ketones is 1. The monoisotopic (exact) mass is 486 g/mol. The molecular weight excluding hydrogens is 460 g/mol. The zero-order valence-electron chi connectivity index (χ0n) is 19.9. The standard InChI is InChI=1S/C28H26N2O6/c1-3-35-17(2)21-5-4-6-23-27(21)30-26(29-23)16-36-20-11-7-18(8-12-20)9-14-24(31)22-13-10-19(28(33)34)15-25(22)32/h4-15,17,32H,3,16H2,1-2H3,(H,29,30)(H,33,34). The van der Waals surface area contributed by atoms with Crippen molar-refractivity contribution in [2.24, 2.45) is 0 Å². The second-order valence-corrected chi connectivity index (χ2v) is 8.12. The second-order valence-electron chi connectivity index (χ2n) is 8.12. The number of carboxylic acids is 1. The third-order valence-electron chi connectivity index (χ3n) is 5.64. The predicted molar refractivity (Wildman–Crippen MR) is 135 cm³/mol. The number of H-pyrrole nitrogens is 1. The maximum absolute atomic E-state index is 12.4. The molecule has 8 nitrogen and oxygen atoms in total. The predicted octanol–water partition coefficient (Wildman–Crippen LogP) is 5.54. The summed E-state index contributed by atoms with van der Waals surface area (Å²) in [5, 5.41) is 18.9. The Labute approximate surface area is 207 Å².